The summed E-state index contributed by atoms with van der Waals surface area (Å²) in [6.07, 6.45) is 12.3. The number of aromatic hydroxyl groups is 1. The van der Waals surface area contributed by atoms with Crippen molar-refractivity contribution >= 4 is 10.1 Å². The van der Waals surface area contributed by atoms with Gasteiger partial charge >= 0.3 is 10.1 Å². The number of rotatable bonds is 15. The van der Waals surface area contributed by atoms with E-state index in [4.69, 9.17) is 4.18 Å². The van der Waals surface area contributed by atoms with Crippen molar-refractivity contribution in [3.8, 4) is 11.5 Å². The smallest absolute Gasteiger partial charge is 0.312 e. The lowest BCUT2D eigenvalue weighted by molar-refractivity contribution is 0.414. The minimum absolute atomic E-state index is 0.0297. The Morgan fingerprint density at radius 3 is 1.96 bits per heavy atom. The van der Waals surface area contributed by atoms with Gasteiger partial charge in [-0.3, -0.25) is 0 Å². The first-order valence-corrected chi connectivity index (χ1v) is 12.1. The zero-order chi connectivity index (χ0) is 20.1. The van der Waals surface area contributed by atoms with Crippen molar-refractivity contribution < 1.29 is 17.7 Å². The Hall–Kier alpha value is -1.23. The first kappa shape index (κ1) is 23.8. The Bertz CT molecular complexity index is 625. The van der Waals surface area contributed by atoms with E-state index in [2.05, 4.69) is 13.8 Å². The third kappa shape index (κ3) is 9.50. The molecule has 27 heavy (non-hydrogen) atoms. The van der Waals surface area contributed by atoms with Crippen LogP contribution in [0.3, 0.4) is 0 Å². The minimum Gasteiger partial charge on any atom is -0.504 e. The number of phenolic OH excluding ortho intramolecular Hbond substituents is 1. The molecule has 4 nitrogen and oxygen atoms in total. The highest BCUT2D eigenvalue weighted by Gasteiger charge is 2.27. The van der Waals surface area contributed by atoms with E-state index in [-0.39, 0.29) is 11.5 Å². The molecule has 5 heteroatoms. The maximum Gasteiger partial charge on any atom is 0.312 e. The minimum atomic E-state index is -3.76. The molecular weight excluding hydrogens is 360 g/mol. The Kier molecular flexibility index (Phi) is 11.5. The molecule has 0 aromatic heterocycles. The number of hydrogen-bond acceptors (Lipinski definition) is 4. The molecule has 0 bridgehead atoms. The lowest BCUT2D eigenvalue weighted by Crippen LogP contribution is -2.26. The molecule has 0 amide bonds. The fourth-order valence-electron chi connectivity index (χ4n) is 3.28. The van der Waals surface area contributed by atoms with Gasteiger partial charge in [0.2, 0.25) is 0 Å². The predicted octanol–water partition coefficient (Wildman–Crippen LogP) is 6.50. The number of aryl methyl sites for hydroxylation is 1. The molecule has 0 heterocycles. The van der Waals surface area contributed by atoms with Crippen LogP contribution in [0.2, 0.25) is 0 Å². The summed E-state index contributed by atoms with van der Waals surface area (Å²) in [4.78, 5) is 0. The summed E-state index contributed by atoms with van der Waals surface area (Å²) < 4.78 is 31.0. The fraction of sp³-hybridized carbons (Fsp3) is 0.727. The van der Waals surface area contributed by atoms with Gasteiger partial charge in [-0.2, -0.15) is 8.42 Å². The van der Waals surface area contributed by atoms with Gasteiger partial charge in [0.1, 0.15) is 0 Å². The Morgan fingerprint density at radius 2 is 1.41 bits per heavy atom. The van der Waals surface area contributed by atoms with Gasteiger partial charge in [0, 0.05) is 0 Å². The molecule has 0 aliphatic rings. The Balaban J connectivity index is 2.69. The number of phenols is 1. The van der Waals surface area contributed by atoms with Crippen molar-refractivity contribution in [3.63, 3.8) is 0 Å². The van der Waals surface area contributed by atoms with E-state index >= 15 is 0 Å². The van der Waals surface area contributed by atoms with Crippen LogP contribution in [0, 0.1) is 6.92 Å². The summed E-state index contributed by atoms with van der Waals surface area (Å²) in [5, 5.41) is 9.49. The normalized spacial score (nSPS) is 12.9. The van der Waals surface area contributed by atoms with Crippen LogP contribution >= 0.6 is 0 Å². The van der Waals surface area contributed by atoms with Gasteiger partial charge < -0.3 is 9.29 Å². The Labute approximate surface area is 166 Å². The van der Waals surface area contributed by atoms with E-state index in [1.165, 1.54) is 31.4 Å². The largest absolute Gasteiger partial charge is 0.504 e. The molecule has 1 aromatic rings. The first-order valence-electron chi connectivity index (χ1n) is 10.6. The van der Waals surface area contributed by atoms with Crippen molar-refractivity contribution in [2.45, 2.75) is 103 Å². The molecule has 0 aliphatic carbocycles. The first-order chi connectivity index (χ1) is 12.9. The van der Waals surface area contributed by atoms with Crippen molar-refractivity contribution in [1.29, 1.82) is 0 Å². The molecule has 0 fully saturated rings. The van der Waals surface area contributed by atoms with Gasteiger partial charge in [-0.15, -0.1) is 0 Å². The van der Waals surface area contributed by atoms with E-state index in [1.54, 1.807) is 6.07 Å². The standard InChI is InChI=1S/C22H38O4S/c1-4-6-8-10-11-13-15-20(14-12-9-7-5-2)27(24,25)26-22-17-16-19(3)18-21(22)23/h16-18,20,23H,4-15H2,1-3H3. The third-order valence-electron chi connectivity index (χ3n) is 4.99. The summed E-state index contributed by atoms with van der Waals surface area (Å²) >= 11 is 0. The van der Waals surface area contributed by atoms with Crippen molar-refractivity contribution in [3.05, 3.63) is 23.8 Å². The lowest BCUT2D eigenvalue weighted by Gasteiger charge is -2.18. The average molecular weight is 399 g/mol. The highest BCUT2D eigenvalue weighted by molar-refractivity contribution is 7.87. The summed E-state index contributed by atoms with van der Waals surface area (Å²) in [7, 11) is -3.76. The number of unbranched alkanes of at least 4 members (excludes halogenated alkanes) is 8. The van der Waals surface area contributed by atoms with Crippen LogP contribution in [0.5, 0.6) is 11.5 Å². The van der Waals surface area contributed by atoms with Crippen molar-refractivity contribution in [2.24, 2.45) is 0 Å². The molecule has 0 radical (unpaired) electrons. The van der Waals surface area contributed by atoms with Crippen molar-refractivity contribution in [2.75, 3.05) is 0 Å². The van der Waals surface area contributed by atoms with Crippen LogP contribution in [0.1, 0.15) is 96.5 Å². The topological polar surface area (TPSA) is 63.6 Å². The summed E-state index contributed by atoms with van der Waals surface area (Å²) in [6.45, 7) is 6.18. The van der Waals surface area contributed by atoms with Crippen LogP contribution in [0.25, 0.3) is 0 Å². The summed E-state index contributed by atoms with van der Waals surface area (Å²) in [5.74, 6) is -0.0926. The molecule has 1 N–H and O–H groups in total. The van der Waals surface area contributed by atoms with Crippen LogP contribution < -0.4 is 4.18 Å². The van der Waals surface area contributed by atoms with Crippen LogP contribution in [-0.2, 0) is 10.1 Å². The van der Waals surface area contributed by atoms with E-state index < -0.39 is 15.4 Å². The number of benzene rings is 1. The molecule has 1 rings (SSSR count). The zero-order valence-corrected chi connectivity index (χ0v) is 18.2. The molecule has 1 unspecified atom stereocenters. The van der Waals surface area contributed by atoms with Crippen LogP contribution in [0.4, 0.5) is 0 Å². The van der Waals surface area contributed by atoms with E-state index in [0.29, 0.717) is 12.8 Å². The van der Waals surface area contributed by atoms with Gasteiger partial charge in [-0.25, -0.2) is 0 Å². The highest BCUT2D eigenvalue weighted by atomic mass is 32.2. The van der Waals surface area contributed by atoms with E-state index in [0.717, 1.165) is 50.5 Å². The summed E-state index contributed by atoms with van der Waals surface area (Å²) in [5.41, 5.74) is 0.862. The molecular formula is C22H38O4S. The van der Waals surface area contributed by atoms with E-state index in [1.807, 2.05) is 6.92 Å². The monoisotopic (exact) mass is 398 g/mol. The molecule has 0 aliphatic heterocycles. The van der Waals surface area contributed by atoms with Gasteiger partial charge in [-0.05, 0) is 37.5 Å². The van der Waals surface area contributed by atoms with Gasteiger partial charge in [0.25, 0.3) is 0 Å². The fourth-order valence-corrected chi connectivity index (χ4v) is 4.71. The van der Waals surface area contributed by atoms with Gasteiger partial charge in [0.05, 0.1) is 5.25 Å². The second-order valence-corrected chi connectivity index (χ2v) is 9.39. The van der Waals surface area contributed by atoms with Crippen molar-refractivity contribution in [1.82, 2.24) is 0 Å². The third-order valence-corrected chi connectivity index (χ3v) is 6.69. The second kappa shape index (κ2) is 13.0. The SMILES string of the molecule is CCCCCCCCC(CCCCCC)S(=O)(=O)Oc1ccc(C)cc1O. The van der Waals surface area contributed by atoms with Gasteiger partial charge in [0.15, 0.2) is 11.5 Å². The molecule has 0 saturated heterocycles. The quantitative estimate of drug-likeness (QED) is 0.270. The van der Waals surface area contributed by atoms with Crippen LogP contribution in [-0.4, -0.2) is 18.8 Å². The predicted molar refractivity (Wildman–Crippen MR) is 113 cm³/mol. The molecule has 0 saturated carbocycles. The molecule has 1 atom stereocenters. The molecule has 1 aromatic carbocycles. The van der Waals surface area contributed by atoms with E-state index in [9.17, 15) is 13.5 Å². The van der Waals surface area contributed by atoms with Crippen LogP contribution in [0.15, 0.2) is 18.2 Å². The Morgan fingerprint density at radius 1 is 0.889 bits per heavy atom. The maximum absolute atomic E-state index is 12.8. The number of hydrogen-bond donors (Lipinski definition) is 1. The maximum atomic E-state index is 12.8. The summed E-state index contributed by atoms with van der Waals surface area (Å²) in [6, 6.07) is 4.80. The zero-order valence-electron chi connectivity index (χ0n) is 17.4. The average Bonchev–Trinajstić information content (AvgIpc) is 2.62. The lowest BCUT2D eigenvalue weighted by atomic mass is 10.0. The highest BCUT2D eigenvalue weighted by Crippen LogP contribution is 2.30. The second-order valence-electron chi connectivity index (χ2n) is 7.58. The molecule has 156 valence electrons. The van der Waals surface area contributed by atoms with Gasteiger partial charge in [-0.1, -0.05) is 84.1 Å². The molecule has 0 spiro atoms.